The smallest absolute Gasteiger partial charge is 0.232 e. The molecule has 0 spiro atoms. The summed E-state index contributed by atoms with van der Waals surface area (Å²) in [6.07, 6.45) is -1.20. The lowest BCUT2D eigenvalue weighted by Gasteiger charge is -2.05. The second kappa shape index (κ2) is 4.56. The van der Waals surface area contributed by atoms with Gasteiger partial charge in [0.1, 0.15) is 4.88 Å². The van der Waals surface area contributed by atoms with Crippen LogP contribution in [0.25, 0.3) is 0 Å². The Morgan fingerprint density at radius 1 is 1.64 bits per heavy atom. The van der Waals surface area contributed by atoms with Crippen molar-refractivity contribution >= 4 is 16.5 Å². The summed E-state index contributed by atoms with van der Waals surface area (Å²) in [4.78, 5) is 6.39. The van der Waals surface area contributed by atoms with Crippen molar-refractivity contribution in [3.05, 3.63) is 4.88 Å². The molecule has 1 atom stereocenters. The molecule has 0 amide bonds. The molecule has 1 unspecified atom stereocenters. The Bertz CT molecular complexity index is 303. The standard InChI is InChI=1S/C8H14FN3OS/c1-12(2)8-11-7(13-3)6(14-8)5(9)4-10/h5H,4,10H2,1-3H3. The number of anilines is 1. The van der Waals surface area contributed by atoms with Crippen LogP contribution in [-0.4, -0.2) is 32.7 Å². The van der Waals surface area contributed by atoms with E-state index in [2.05, 4.69) is 4.98 Å². The number of methoxy groups -OCH3 is 1. The third-order valence-electron chi connectivity index (χ3n) is 1.68. The third-order valence-corrected chi connectivity index (χ3v) is 2.97. The highest BCUT2D eigenvalue weighted by Gasteiger charge is 2.20. The van der Waals surface area contributed by atoms with Gasteiger partial charge in [0.2, 0.25) is 5.88 Å². The molecule has 4 nitrogen and oxygen atoms in total. The maximum atomic E-state index is 13.3. The minimum Gasteiger partial charge on any atom is -0.480 e. The summed E-state index contributed by atoms with van der Waals surface area (Å²) in [7, 11) is 5.16. The Kier molecular flexibility index (Phi) is 3.65. The lowest BCUT2D eigenvalue weighted by molar-refractivity contribution is 0.333. The minimum atomic E-state index is -1.20. The van der Waals surface area contributed by atoms with Gasteiger partial charge in [0.25, 0.3) is 0 Å². The van der Waals surface area contributed by atoms with Gasteiger partial charge in [-0.15, -0.1) is 0 Å². The van der Waals surface area contributed by atoms with E-state index in [1.54, 1.807) is 4.90 Å². The van der Waals surface area contributed by atoms with Crippen molar-refractivity contribution in [1.29, 1.82) is 0 Å². The molecule has 0 aliphatic carbocycles. The Morgan fingerprint density at radius 3 is 2.71 bits per heavy atom. The van der Waals surface area contributed by atoms with Gasteiger partial charge in [-0.25, -0.2) is 4.39 Å². The van der Waals surface area contributed by atoms with Crippen LogP contribution in [0, 0.1) is 0 Å². The van der Waals surface area contributed by atoms with E-state index in [9.17, 15) is 4.39 Å². The molecular weight excluding hydrogens is 205 g/mol. The molecule has 0 aliphatic rings. The Morgan fingerprint density at radius 2 is 2.29 bits per heavy atom. The van der Waals surface area contributed by atoms with Gasteiger partial charge in [-0.05, 0) is 0 Å². The summed E-state index contributed by atoms with van der Waals surface area (Å²) in [5.74, 6) is 0.330. The molecular formula is C8H14FN3OS. The molecule has 1 heterocycles. The average molecular weight is 219 g/mol. The number of alkyl halides is 1. The lowest BCUT2D eigenvalue weighted by atomic mass is 10.3. The van der Waals surface area contributed by atoms with Gasteiger partial charge < -0.3 is 15.4 Å². The monoisotopic (exact) mass is 219 g/mol. The van der Waals surface area contributed by atoms with Crippen LogP contribution in [0.15, 0.2) is 0 Å². The van der Waals surface area contributed by atoms with Gasteiger partial charge in [-0.1, -0.05) is 11.3 Å². The van der Waals surface area contributed by atoms with Crippen LogP contribution >= 0.6 is 11.3 Å². The predicted octanol–water partition coefficient (Wildman–Crippen LogP) is 1.19. The maximum absolute atomic E-state index is 13.3. The van der Waals surface area contributed by atoms with E-state index in [-0.39, 0.29) is 6.54 Å². The summed E-state index contributed by atoms with van der Waals surface area (Å²) in [6.45, 7) is -0.0502. The zero-order valence-corrected chi connectivity index (χ0v) is 9.27. The molecule has 0 aromatic carbocycles. The van der Waals surface area contributed by atoms with Gasteiger partial charge in [0.15, 0.2) is 11.3 Å². The molecule has 1 aromatic heterocycles. The first-order valence-electron chi connectivity index (χ1n) is 4.16. The Hall–Kier alpha value is -0.880. The molecule has 0 fully saturated rings. The van der Waals surface area contributed by atoms with E-state index in [4.69, 9.17) is 10.5 Å². The number of ether oxygens (including phenoxy) is 1. The highest BCUT2D eigenvalue weighted by Crippen LogP contribution is 2.36. The van der Waals surface area contributed by atoms with E-state index < -0.39 is 6.17 Å². The van der Waals surface area contributed by atoms with Crippen LogP contribution < -0.4 is 15.4 Å². The summed E-state index contributed by atoms with van der Waals surface area (Å²) >= 11 is 1.26. The molecule has 0 bridgehead atoms. The topological polar surface area (TPSA) is 51.4 Å². The summed E-state index contributed by atoms with van der Waals surface area (Å²) < 4.78 is 18.3. The molecule has 80 valence electrons. The molecule has 6 heteroatoms. The SMILES string of the molecule is COc1nc(N(C)C)sc1C(F)CN. The molecule has 1 rings (SSSR count). The fourth-order valence-corrected chi connectivity index (χ4v) is 1.90. The fraction of sp³-hybridized carbons (Fsp3) is 0.625. The van der Waals surface area contributed by atoms with Crippen LogP contribution in [0.2, 0.25) is 0 Å². The highest BCUT2D eigenvalue weighted by atomic mass is 32.1. The van der Waals surface area contributed by atoms with Crippen molar-refractivity contribution in [3.63, 3.8) is 0 Å². The number of halogens is 1. The number of hydrogen-bond donors (Lipinski definition) is 1. The third kappa shape index (κ3) is 2.13. The van der Waals surface area contributed by atoms with E-state index in [0.29, 0.717) is 15.9 Å². The first kappa shape index (κ1) is 11.2. The quantitative estimate of drug-likeness (QED) is 0.826. The largest absolute Gasteiger partial charge is 0.480 e. The van der Waals surface area contributed by atoms with Crippen molar-refractivity contribution in [2.45, 2.75) is 6.17 Å². The van der Waals surface area contributed by atoms with Crippen molar-refractivity contribution in [2.24, 2.45) is 5.73 Å². The molecule has 0 aliphatic heterocycles. The van der Waals surface area contributed by atoms with E-state index >= 15 is 0 Å². The van der Waals surface area contributed by atoms with Crippen molar-refractivity contribution in [2.75, 3.05) is 32.6 Å². The summed E-state index contributed by atoms with van der Waals surface area (Å²) in [5.41, 5.74) is 5.25. The second-order valence-electron chi connectivity index (χ2n) is 2.97. The molecule has 2 N–H and O–H groups in total. The van der Waals surface area contributed by atoms with E-state index in [1.165, 1.54) is 18.4 Å². The average Bonchev–Trinajstić information content (AvgIpc) is 2.60. The summed E-state index contributed by atoms with van der Waals surface area (Å²) in [5, 5.41) is 0.716. The van der Waals surface area contributed by atoms with Gasteiger partial charge in [-0.3, -0.25) is 0 Å². The number of rotatable bonds is 4. The zero-order valence-electron chi connectivity index (χ0n) is 8.45. The predicted molar refractivity (Wildman–Crippen MR) is 55.9 cm³/mol. The van der Waals surface area contributed by atoms with Gasteiger partial charge in [0.05, 0.1) is 7.11 Å². The first-order valence-corrected chi connectivity index (χ1v) is 4.98. The fourth-order valence-electron chi connectivity index (χ4n) is 0.949. The van der Waals surface area contributed by atoms with Crippen LogP contribution in [0.3, 0.4) is 0 Å². The van der Waals surface area contributed by atoms with Crippen molar-refractivity contribution < 1.29 is 9.13 Å². The van der Waals surface area contributed by atoms with Crippen LogP contribution in [0.1, 0.15) is 11.0 Å². The number of nitrogens with two attached hydrogens (primary N) is 1. The van der Waals surface area contributed by atoms with Crippen LogP contribution in [0.5, 0.6) is 5.88 Å². The first-order chi connectivity index (χ1) is 6.60. The van der Waals surface area contributed by atoms with Gasteiger partial charge >= 0.3 is 0 Å². The number of thiazole rings is 1. The number of aromatic nitrogens is 1. The molecule has 0 radical (unpaired) electrons. The summed E-state index contributed by atoms with van der Waals surface area (Å²) in [6, 6.07) is 0. The second-order valence-corrected chi connectivity index (χ2v) is 3.98. The van der Waals surface area contributed by atoms with Gasteiger partial charge in [0, 0.05) is 20.6 Å². The normalized spacial score (nSPS) is 12.6. The van der Waals surface area contributed by atoms with E-state index in [0.717, 1.165) is 0 Å². The molecule has 14 heavy (non-hydrogen) atoms. The Labute approximate surface area is 86.5 Å². The van der Waals surface area contributed by atoms with Crippen molar-refractivity contribution in [1.82, 2.24) is 4.98 Å². The van der Waals surface area contributed by atoms with Crippen LogP contribution in [-0.2, 0) is 0 Å². The molecule has 0 saturated heterocycles. The minimum absolute atomic E-state index is 0.0502. The van der Waals surface area contributed by atoms with Gasteiger partial charge in [-0.2, -0.15) is 4.98 Å². The molecule has 1 aromatic rings. The number of hydrogen-bond acceptors (Lipinski definition) is 5. The molecule has 0 saturated carbocycles. The lowest BCUT2D eigenvalue weighted by Crippen LogP contribution is -2.07. The van der Waals surface area contributed by atoms with Crippen molar-refractivity contribution in [3.8, 4) is 5.88 Å². The Balaban J connectivity index is 3.02. The maximum Gasteiger partial charge on any atom is 0.232 e. The zero-order chi connectivity index (χ0) is 10.7. The van der Waals surface area contributed by atoms with Crippen LogP contribution in [0.4, 0.5) is 9.52 Å². The number of nitrogens with zero attached hydrogens (tertiary/aromatic N) is 2. The highest BCUT2D eigenvalue weighted by molar-refractivity contribution is 7.16. The van der Waals surface area contributed by atoms with E-state index in [1.807, 2.05) is 14.1 Å².